The lowest BCUT2D eigenvalue weighted by Gasteiger charge is -2.17. The zero-order chi connectivity index (χ0) is 23.8. The van der Waals surface area contributed by atoms with Crippen molar-refractivity contribution in [1.82, 2.24) is 15.3 Å². The van der Waals surface area contributed by atoms with Crippen LogP contribution in [0.3, 0.4) is 0 Å². The van der Waals surface area contributed by atoms with Gasteiger partial charge in [0.1, 0.15) is 11.9 Å². The highest BCUT2D eigenvalue weighted by Gasteiger charge is 2.25. The Hall–Kier alpha value is -2.30. The van der Waals surface area contributed by atoms with Crippen LogP contribution in [0.1, 0.15) is 47.3 Å². The normalized spacial score (nSPS) is 13.7. The maximum atomic E-state index is 13.6. The molecule has 0 aliphatic carbocycles. The SMILES string of the molecule is O=C(N[C@@H](CCOCCCCc1ccc2c(n1)NCCC2)C(=O)O)c1c(Cl)cnc(F)c1Br. The summed E-state index contributed by atoms with van der Waals surface area (Å²) in [4.78, 5) is 32.0. The minimum absolute atomic E-state index is 0.0575. The molecule has 0 unspecified atom stereocenters. The van der Waals surface area contributed by atoms with Crippen molar-refractivity contribution in [3.8, 4) is 0 Å². The van der Waals surface area contributed by atoms with E-state index in [1.54, 1.807) is 0 Å². The third-order valence-electron chi connectivity index (χ3n) is 5.24. The number of aliphatic carboxylic acids is 1. The Labute approximate surface area is 204 Å². The number of halogens is 3. The fourth-order valence-electron chi connectivity index (χ4n) is 3.46. The maximum absolute atomic E-state index is 13.6. The number of nitrogens with one attached hydrogen (secondary N) is 2. The first-order valence-corrected chi connectivity index (χ1v) is 11.9. The van der Waals surface area contributed by atoms with Crippen molar-refractivity contribution >= 4 is 45.2 Å². The molecular weight excluding hydrogens is 519 g/mol. The summed E-state index contributed by atoms with van der Waals surface area (Å²) in [5, 5.41) is 15.0. The first-order chi connectivity index (χ1) is 15.9. The molecule has 0 fully saturated rings. The molecule has 0 spiro atoms. The van der Waals surface area contributed by atoms with E-state index in [9.17, 15) is 19.1 Å². The molecule has 2 aromatic rings. The molecule has 0 saturated heterocycles. The molecule has 2 aromatic heterocycles. The Kier molecular flexibility index (Phi) is 9.40. The van der Waals surface area contributed by atoms with Gasteiger partial charge < -0.3 is 20.5 Å². The van der Waals surface area contributed by atoms with Gasteiger partial charge in [0, 0.05) is 38.1 Å². The molecule has 0 radical (unpaired) electrons. The van der Waals surface area contributed by atoms with E-state index >= 15 is 0 Å². The van der Waals surface area contributed by atoms with Crippen LogP contribution in [0, 0.1) is 5.95 Å². The number of carboxylic acid groups (broad SMARTS) is 1. The van der Waals surface area contributed by atoms with Gasteiger partial charge in [-0.15, -0.1) is 0 Å². The fourth-order valence-corrected chi connectivity index (χ4v) is 4.30. The van der Waals surface area contributed by atoms with Crippen molar-refractivity contribution in [3.05, 3.63) is 50.6 Å². The Bertz CT molecular complexity index is 1010. The zero-order valence-corrected chi connectivity index (χ0v) is 20.2. The van der Waals surface area contributed by atoms with Crippen molar-refractivity contribution < 1.29 is 23.8 Å². The number of nitrogens with zero attached hydrogens (tertiary/aromatic N) is 2. The maximum Gasteiger partial charge on any atom is 0.326 e. The molecule has 3 rings (SSSR count). The van der Waals surface area contributed by atoms with E-state index in [0.29, 0.717) is 6.61 Å². The van der Waals surface area contributed by atoms with Crippen molar-refractivity contribution in [3.63, 3.8) is 0 Å². The topological polar surface area (TPSA) is 113 Å². The molecule has 0 saturated carbocycles. The quantitative estimate of drug-likeness (QED) is 0.290. The van der Waals surface area contributed by atoms with Gasteiger partial charge in [-0.2, -0.15) is 4.39 Å². The molecule has 3 N–H and O–H groups in total. The minimum Gasteiger partial charge on any atom is -0.480 e. The van der Waals surface area contributed by atoms with Crippen LogP contribution in [0.25, 0.3) is 0 Å². The number of aromatic nitrogens is 2. The fraction of sp³-hybridized carbons (Fsp3) is 0.455. The summed E-state index contributed by atoms with van der Waals surface area (Å²) in [6.07, 6.45) is 5.77. The Morgan fingerprint density at radius 3 is 2.94 bits per heavy atom. The summed E-state index contributed by atoms with van der Waals surface area (Å²) in [5.41, 5.74) is 2.09. The van der Waals surface area contributed by atoms with Crippen LogP contribution >= 0.6 is 27.5 Å². The lowest BCUT2D eigenvalue weighted by Crippen LogP contribution is -2.41. The predicted octanol–water partition coefficient (Wildman–Crippen LogP) is 4.00. The molecule has 1 amide bonds. The number of amides is 1. The number of carbonyl (C=O) groups is 2. The van der Waals surface area contributed by atoms with Gasteiger partial charge in [-0.25, -0.2) is 14.8 Å². The summed E-state index contributed by atoms with van der Waals surface area (Å²) in [5.74, 6) is -1.96. The number of rotatable bonds is 11. The number of aryl methyl sites for hydroxylation is 2. The second kappa shape index (κ2) is 12.2. The van der Waals surface area contributed by atoms with Crippen molar-refractivity contribution in [2.24, 2.45) is 0 Å². The lowest BCUT2D eigenvalue weighted by molar-refractivity contribution is -0.139. The van der Waals surface area contributed by atoms with E-state index in [1.807, 2.05) is 0 Å². The number of carbonyl (C=O) groups excluding carboxylic acids is 1. The van der Waals surface area contributed by atoms with Crippen LogP contribution in [-0.4, -0.2) is 52.8 Å². The van der Waals surface area contributed by atoms with Crippen LogP contribution in [0.4, 0.5) is 10.2 Å². The van der Waals surface area contributed by atoms with Crippen molar-refractivity contribution in [2.75, 3.05) is 25.1 Å². The molecular formula is C22H25BrClFN4O4. The van der Waals surface area contributed by atoms with E-state index in [0.717, 1.165) is 56.4 Å². The van der Waals surface area contributed by atoms with Gasteiger partial charge in [-0.05, 0) is 59.7 Å². The molecule has 1 aliphatic rings. The number of hydrogen-bond donors (Lipinski definition) is 3. The van der Waals surface area contributed by atoms with Crippen LogP contribution in [0.2, 0.25) is 5.02 Å². The molecule has 1 atom stereocenters. The molecule has 3 heterocycles. The summed E-state index contributed by atoms with van der Waals surface area (Å²) < 4.78 is 18.9. The average Bonchev–Trinajstić information content (AvgIpc) is 2.80. The summed E-state index contributed by atoms with van der Waals surface area (Å²) >= 11 is 8.83. The van der Waals surface area contributed by atoms with Gasteiger partial charge in [0.25, 0.3) is 5.91 Å². The van der Waals surface area contributed by atoms with Gasteiger partial charge in [0.15, 0.2) is 0 Å². The molecule has 11 heteroatoms. The highest BCUT2D eigenvalue weighted by atomic mass is 79.9. The third kappa shape index (κ3) is 7.09. The number of pyridine rings is 2. The number of anilines is 1. The van der Waals surface area contributed by atoms with Crippen molar-refractivity contribution in [1.29, 1.82) is 0 Å². The summed E-state index contributed by atoms with van der Waals surface area (Å²) in [6.45, 7) is 1.58. The standard InChI is InChI=1S/C22H25BrClFN4O4/c23-18-17(15(24)12-27-19(18)25)21(30)29-16(22(31)32)8-11-33-10-2-1-5-14-7-6-13-4-3-9-26-20(13)28-14/h6-7,12,16H,1-5,8-11H2,(H,26,28)(H,29,30)(H,31,32)/t16-/m0/s1. The molecule has 8 nitrogen and oxygen atoms in total. The number of carboxylic acids is 1. The number of unbranched alkanes of at least 4 members (excludes halogenated alkanes) is 1. The van der Waals surface area contributed by atoms with Crippen LogP contribution < -0.4 is 10.6 Å². The smallest absolute Gasteiger partial charge is 0.326 e. The van der Waals surface area contributed by atoms with E-state index in [2.05, 4.69) is 48.7 Å². The first kappa shape index (κ1) is 25.3. The first-order valence-electron chi connectivity index (χ1n) is 10.7. The molecule has 0 bridgehead atoms. The van der Waals surface area contributed by atoms with Crippen LogP contribution in [-0.2, 0) is 22.4 Å². The number of hydrogen-bond acceptors (Lipinski definition) is 6. The Morgan fingerprint density at radius 1 is 1.33 bits per heavy atom. The zero-order valence-electron chi connectivity index (χ0n) is 17.9. The monoisotopic (exact) mass is 542 g/mol. The summed E-state index contributed by atoms with van der Waals surface area (Å²) in [6, 6.07) is 2.99. The van der Waals surface area contributed by atoms with E-state index in [4.69, 9.17) is 16.3 Å². The van der Waals surface area contributed by atoms with Gasteiger partial charge in [-0.1, -0.05) is 17.7 Å². The minimum atomic E-state index is -1.22. The highest BCUT2D eigenvalue weighted by molar-refractivity contribution is 9.10. The van der Waals surface area contributed by atoms with Crippen molar-refractivity contribution in [2.45, 2.75) is 44.6 Å². The van der Waals surface area contributed by atoms with Gasteiger partial charge in [0.05, 0.1) is 15.1 Å². The third-order valence-corrected chi connectivity index (χ3v) is 6.25. The molecule has 33 heavy (non-hydrogen) atoms. The van der Waals surface area contributed by atoms with Gasteiger partial charge in [-0.3, -0.25) is 4.79 Å². The largest absolute Gasteiger partial charge is 0.480 e. The van der Waals surface area contributed by atoms with E-state index in [1.165, 1.54) is 5.56 Å². The summed E-state index contributed by atoms with van der Waals surface area (Å²) in [7, 11) is 0. The Balaban J connectivity index is 1.38. The predicted molar refractivity (Wildman–Crippen MR) is 125 cm³/mol. The average molecular weight is 544 g/mol. The van der Waals surface area contributed by atoms with Gasteiger partial charge in [0.2, 0.25) is 5.95 Å². The molecule has 1 aliphatic heterocycles. The van der Waals surface area contributed by atoms with E-state index in [-0.39, 0.29) is 28.1 Å². The lowest BCUT2D eigenvalue weighted by atomic mass is 10.1. The number of fused-ring (bicyclic) bond motifs is 1. The van der Waals surface area contributed by atoms with E-state index < -0.39 is 23.9 Å². The molecule has 178 valence electrons. The Morgan fingerprint density at radius 2 is 2.15 bits per heavy atom. The highest BCUT2D eigenvalue weighted by Crippen LogP contribution is 2.26. The number of ether oxygens (including phenoxy) is 1. The van der Waals surface area contributed by atoms with Crippen LogP contribution in [0.5, 0.6) is 0 Å². The second-order valence-corrected chi connectivity index (χ2v) is 8.85. The van der Waals surface area contributed by atoms with Gasteiger partial charge >= 0.3 is 5.97 Å². The van der Waals surface area contributed by atoms with Crippen LogP contribution in [0.15, 0.2) is 22.8 Å². The second-order valence-electron chi connectivity index (χ2n) is 7.65. The molecule has 0 aromatic carbocycles.